The van der Waals surface area contributed by atoms with Gasteiger partial charge in [-0.25, -0.2) is 13.8 Å². The number of carbonyl (C=O) groups is 2. The topological polar surface area (TPSA) is 110 Å². The Labute approximate surface area is 282 Å². The smallest absolute Gasteiger partial charge is 0.418 e. The fourth-order valence-corrected chi connectivity index (χ4v) is 6.14. The van der Waals surface area contributed by atoms with E-state index in [4.69, 9.17) is 4.74 Å². The van der Waals surface area contributed by atoms with E-state index in [-0.39, 0.29) is 54.8 Å². The van der Waals surface area contributed by atoms with Crippen molar-refractivity contribution in [2.75, 3.05) is 11.9 Å². The van der Waals surface area contributed by atoms with E-state index < -0.39 is 103 Å². The molecule has 2 amide bonds. The van der Waals surface area contributed by atoms with Crippen LogP contribution in [0, 0.1) is 11.3 Å². The molecular weight excluding hydrogens is 713 g/mol. The number of amides is 2. The Morgan fingerprint density at radius 1 is 0.980 bits per heavy atom. The largest absolute Gasteiger partial charge is 0.471 e. The summed E-state index contributed by atoms with van der Waals surface area (Å²) in [6.45, 7) is -1.73. The number of hydrogen-bond acceptors (Lipinski definition) is 6. The molecule has 20 heteroatoms. The van der Waals surface area contributed by atoms with Crippen LogP contribution in [0.3, 0.4) is 0 Å². The normalized spacial score (nSPS) is 19.5. The van der Waals surface area contributed by atoms with Crippen LogP contribution in [0.4, 0.5) is 59.9 Å². The third-order valence-corrected chi connectivity index (χ3v) is 9.20. The van der Waals surface area contributed by atoms with E-state index in [0.29, 0.717) is 6.07 Å². The minimum Gasteiger partial charge on any atom is -0.471 e. The molecule has 0 spiro atoms. The van der Waals surface area contributed by atoms with Gasteiger partial charge in [0.2, 0.25) is 17.7 Å². The second-order valence-electron chi connectivity index (χ2n) is 12.6. The average molecular weight is 745 g/mol. The van der Waals surface area contributed by atoms with Crippen LogP contribution in [0.15, 0.2) is 24.3 Å². The predicted molar refractivity (Wildman–Crippen MR) is 158 cm³/mol. The Kier molecular flexibility index (Phi) is 10.4. The molecule has 0 atom stereocenters. The lowest BCUT2D eigenvalue weighted by molar-refractivity contribution is -0.243. The predicted octanol–water partition coefficient (Wildman–Crippen LogP) is 7.57. The molecule has 0 bridgehead atoms. The molecule has 2 aromatic heterocycles. The first-order valence-electron chi connectivity index (χ1n) is 15.7. The van der Waals surface area contributed by atoms with Crippen LogP contribution in [0.1, 0.15) is 66.4 Å². The zero-order valence-corrected chi connectivity index (χ0v) is 26.6. The van der Waals surface area contributed by atoms with Gasteiger partial charge in [-0.3, -0.25) is 14.2 Å². The summed E-state index contributed by atoms with van der Waals surface area (Å²) in [7, 11) is 1.30. The maximum atomic E-state index is 14.0. The standard InChI is InChI=1S/C31H31F11N6O3/c1-48-23-21(12-18(25(47-23)51-14-22(32)33)24(49)44-17-6-4-16(5-7-17)29(34,35)36)46-27(48)45-20-11-15(3-8-19(20)30(37,38)39)13-43-26(50)28(9-2-10-28)31(40,41)42/h3,8,11-12,16-17,22H,2,4-7,9-10,13-14H2,1H3,(H,43,50)(H,44,49)(H,45,46). The third kappa shape index (κ3) is 8.08. The number of hydrogen-bond donors (Lipinski definition) is 3. The fourth-order valence-electron chi connectivity index (χ4n) is 6.14. The van der Waals surface area contributed by atoms with Crippen LogP contribution in [0.5, 0.6) is 5.88 Å². The fraction of sp³-hybridized carbons (Fsp3) is 0.548. The lowest BCUT2D eigenvalue weighted by Gasteiger charge is -2.41. The van der Waals surface area contributed by atoms with E-state index in [1.165, 1.54) is 7.05 Å². The quantitative estimate of drug-likeness (QED) is 0.185. The van der Waals surface area contributed by atoms with Gasteiger partial charge in [-0.2, -0.15) is 44.5 Å². The molecular formula is C31H31F11N6O3. The highest BCUT2D eigenvalue weighted by atomic mass is 19.4. The molecule has 2 aliphatic rings. The van der Waals surface area contributed by atoms with Gasteiger partial charge in [-0.15, -0.1) is 0 Å². The number of benzene rings is 1. The molecule has 51 heavy (non-hydrogen) atoms. The monoisotopic (exact) mass is 744 g/mol. The zero-order valence-electron chi connectivity index (χ0n) is 26.6. The Morgan fingerprint density at radius 3 is 2.20 bits per heavy atom. The molecule has 0 radical (unpaired) electrons. The van der Waals surface area contributed by atoms with E-state index in [0.717, 1.165) is 22.8 Å². The second kappa shape index (κ2) is 14.0. The Hall–Kier alpha value is -4.39. The molecule has 1 aromatic carbocycles. The number of carbonyl (C=O) groups excluding carboxylic acids is 2. The van der Waals surface area contributed by atoms with Gasteiger partial charge in [0.1, 0.15) is 16.5 Å². The summed E-state index contributed by atoms with van der Waals surface area (Å²) in [5.74, 6) is -4.62. The van der Waals surface area contributed by atoms with Crippen molar-refractivity contribution in [2.24, 2.45) is 18.4 Å². The van der Waals surface area contributed by atoms with Crippen LogP contribution in [0.2, 0.25) is 0 Å². The minimum atomic E-state index is -4.93. The van der Waals surface area contributed by atoms with Gasteiger partial charge < -0.3 is 20.7 Å². The van der Waals surface area contributed by atoms with Gasteiger partial charge in [0.25, 0.3) is 12.3 Å². The summed E-state index contributed by atoms with van der Waals surface area (Å²) < 4.78 is 154. The van der Waals surface area contributed by atoms with Crippen molar-refractivity contribution in [2.45, 2.75) is 82.5 Å². The van der Waals surface area contributed by atoms with E-state index in [9.17, 15) is 57.9 Å². The minimum absolute atomic E-state index is 0.00997. The van der Waals surface area contributed by atoms with Gasteiger partial charge in [-0.05, 0) is 62.3 Å². The molecule has 2 heterocycles. The number of rotatable bonds is 10. The van der Waals surface area contributed by atoms with Crippen molar-refractivity contribution in [1.82, 2.24) is 25.2 Å². The highest BCUT2D eigenvalue weighted by Gasteiger charge is 2.63. The summed E-state index contributed by atoms with van der Waals surface area (Å²) in [5, 5.41) is 7.20. The number of alkyl halides is 11. The van der Waals surface area contributed by atoms with Crippen molar-refractivity contribution in [3.8, 4) is 5.88 Å². The zero-order chi connectivity index (χ0) is 37.5. The first-order valence-corrected chi connectivity index (χ1v) is 15.7. The molecule has 3 N–H and O–H groups in total. The summed E-state index contributed by atoms with van der Waals surface area (Å²) >= 11 is 0. The summed E-state index contributed by atoms with van der Waals surface area (Å²) in [6.07, 6.45) is -18.3. The van der Waals surface area contributed by atoms with Crippen LogP contribution in [-0.2, 0) is 24.6 Å². The number of pyridine rings is 1. The number of anilines is 2. The van der Waals surface area contributed by atoms with E-state index in [1.54, 1.807) is 0 Å². The van der Waals surface area contributed by atoms with Gasteiger partial charge in [0.15, 0.2) is 12.3 Å². The maximum absolute atomic E-state index is 14.0. The van der Waals surface area contributed by atoms with Gasteiger partial charge >= 0.3 is 18.5 Å². The Bertz CT molecular complexity index is 1760. The maximum Gasteiger partial charge on any atom is 0.418 e. The lowest BCUT2D eigenvalue weighted by atomic mass is 9.67. The number of aryl methyl sites for hydroxylation is 1. The number of aromatic nitrogens is 3. The number of halogens is 11. The van der Waals surface area contributed by atoms with Crippen molar-refractivity contribution in [3.05, 3.63) is 41.0 Å². The molecule has 5 rings (SSSR count). The van der Waals surface area contributed by atoms with Crippen molar-refractivity contribution < 1.29 is 62.6 Å². The molecule has 9 nitrogen and oxygen atoms in total. The number of nitrogens with zero attached hydrogens (tertiary/aromatic N) is 3. The molecule has 3 aromatic rings. The molecule has 280 valence electrons. The second-order valence-corrected chi connectivity index (χ2v) is 12.6. The SMILES string of the molecule is Cn1c(Nc2cc(CNC(=O)C3(C(F)(F)F)CCC3)ccc2C(F)(F)F)nc2cc(C(=O)NC3CCC(C(F)(F)F)CC3)c(OCC(F)F)nc21. The first-order chi connectivity index (χ1) is 23.7. The summed E-state index contributed by atoms with van der Waals surface area (Å²) in [6, 6.07) is 3.01. The first kappa shape index (κ1) is 37.9. The average Bonchev–Trinajstić information content (AvgIpc) is 3.30. The number of fused-ring (bicyclic) bond motifs is 1. The van der Waals surface area contributed by atoms with Crippen LogP contribution >= 0.6 is 0 Å². The van der Waals surface area contributed by atoms with Gasteiger partial charge in [0.05, 0.1) is 17.2 Å². The summed E-state index contributed by atoms with van der Waals surface area (Å²) in [4.78, 5) is 34.0. The molecule has 2 aliphatic carbocycles. The van der Waals surface area contributed by atoms with Crippen LogP contribution in [0.25, 0.3) is 11.2 Å². The third-order valence-electron chi connectivity index (χ3n) is 9.20. The van der Waals surface area contributed by atoms with Crippen molar-refractivity contribution >= 4 is 34.6 Å². The van der Waals surface area contributed by atoms with Crippen molar-refractivity contribution in [3.63, 3.8) is 0 Å². The number of ether oxygens (including phenoxy) is 1. The summed E-state index contributed by atoms with van der Waals surface area (Å²) in [5.41, 5.74) is -5.00. The molecule has 0 saturated heterocycles. The van der Waals surface area contributed by atoms with Crippen molar-refractivity contribution in [1.29, 1.82) is 0 Å². The van der Waals surface area contributed by atoms with Crippen LogP contribution in [-0.4, -0.2) is 57.8 Å². The van der Waals surface area contributed by atoms with E-state index in [2.05, 4.69) is 25.9 Å². The van der Waals surface area contributed by atoms with E-state index in [1.807, 2.05) is 0 Å². The van der Waals surface area contributed by atoms with Gasteiger partial charge in [-0.1, -0.05) is 12.5 Å². The highest BCUT2D eigenvalue weighted by molar-refractivity contribution is 5.99. The molecule has 0 aliphatic heterocycles. The lowest BCUT2D eigenvalue weighted by Crippen LogP contribution is -2.54. The number of imidazole rings is 1. The number of nitrogens with one attached hydrogen (secondary N) is 3. The highest BCUT2D eigenvalue weighted by Crippen LogP contribution is 2.53. The molecule has 2 fully saturated rings. The molecule has 0 unspecified atom stereocenters. The molecule has 2 saturated carbocycles. The van der Waals surface area contributed by atoms with Gasteiger partial charge in [0, 0.05) is 19.6 Å². The Balaban J connectivity index is 1.41. The Morgan fingerprint density at radius 2 is 1.65 bits per heavy atom. The van der Waals surface area contributed by atoms with Crippen LogP contribution < -0.4 is 20.7 Å². The van der Waals surface area contributed by atoms with E-state index >= 15 is 0 Å².